The van der Waals surface area contributed by atoms with Crippen LogP contribution in [0.15, 0.2) is 23.1 Å². The summed E-state index contributed by atoms with van der Waals surface area (Å²) in [4.78, 5) is 0.274. The Bertz CT molecular complexity index is 785. The van der Waals surface area contributed by atoms with Crippen molar-refractivity contribution in [3.8, 4) is 0 Å². The number of rotatable bonds is 3. The maximum Gasteiger partial charge on any atom is 0.494 e. The summed E-state index contributed by atoms with van der Waals surface area (Å²) in [6.07, 6.45) is 1.65. The maximum atomic E-state index is 13.1. The monoisotopic (exact) mass is 416 g/mol. The van der Waals surface area contributed by atoms with Crippen LogP contribution in [0, 0.1) is 6.92 Å². The van der Waals surface area contributed by atoms with Crippen molar-refractivity contribution in [1.29, 1.82) is 0 Å². The Hall–Kier alpha value is -0.635. The topological polar surface area (TPSA) is 81.9 Å². The first kappa shape index (κ1) is 22.7. The first-order valence-corrected chi connectivity index (χ1v) is 10.6. The smallest absolute Gasteiger partial charge is 0.399 e. The van der Waals surface area contributed by atoms with Crippen molar-refractivity contribution in [2.24, 2.45) is 5.73 Å². The molecule has 2 aliphatic rings. The molecule has 6 nitrogen and oxygen atoms in total. The lowest BCUT2D eigenvalue weighted by Gasteiger charge is -2.32. The molecule has 0 radical (unpaired) electrons. The number of aryl methyl sites for hydroxylation is 1. The molecule has 2 heterocycles. The van der Waals surface area contributed by atoms with E-state index in [0.717, 1.165) is 23.9 Å². The van der Waals surface area contributed by atoms with Crippen LogP contribution < -0.4 is 11.2 Å². The molecule has 0 amide bonds. The fraction of sp³-hybridized carbons (Fsp3) is 0.667. The molecule has 1 atom stereocenters. The predicted octanol–water partition coefficient (Wildman–Crippen LogP) is 1.83. The maximum absolute atomic E-state index is 13.1. The van der Waals surface area contributed by atoms with Crippen LogP contribution in [0.25, 0.3) is 0 Å². The summed E-state index contributed by atoms with van der Waals surface area (Å²) in [6.45, 7) is 10.7. The summed E-state index contributed by atoms with van der Waals surface area (Å²) in [7, 11) is -4.17. The number of hydrogen-bond donors (Lipinski definition) is 1. The molecule has 0 aromatic heterocycles. The van der Waals surface area contributed by atoms with Gasteiger partial charge in [-0.05, 0) is 65.1 Å². The summed E-state index contributed by atoms with van der Waals surface area (Å²) >= 11 is 0. The van der Waals surface area contributed by atoms with Gasteiger partial charge >= 0.3 is 7.12 Å². The Balaban J connectivity index is 0.00000261. The molecule has 2 fully saturated rings. The lowest BCUT2D eigenvalue weighted by atomic mass is 9.78. The van der Waals surface area contributed by atoms with Crippen LogP contribution in [0.5, 0.6) is 0 Å². The van der Waals surface area contributed by atoms with Crippen molar-refractivity contribution in [3.05, 3.63) is 23.8 Å². The van der Waals surface area contributed by atoms with Gasteiger partial charge in [0.1, 0.15) is 0 Å². The van der Waals surface area contributed by atoms with E-state index in [9.17, 15) is 8.42 Å². The number of sulfonamides is 1. The summed E-state index contributed by atoms with van der Waals surface area (Å²) in [6, 6.07) is 5.18. The molecule has 2 saturated heterocycles. The second-order valence-corrected chi connectivity index (χ2v) is 10.4. The van der Waals surface area contributed by atoms with E-state index in [-0.39, 0.29) is 23.3 Å². The zero-order chi connectivity index (χ0) is 19.3. The Morgan fingerprint density at radius 1 is 1.15 bits per heavy atom. The van der Waals surface area contributed by atoms with E-state index in [1.165, 1.54) is 4.31 Å². The molecular formula is C18H30BClN2O4S. The fourth-order valence-corrected chi connectivity index (χ4v) is 5.06. The first-order chi connectivity index (χ1) is 11.9. The minimum Gasteiger partial charge on any atom is -0.399 e. The van der Waals surface area contributed by atoms with Gasteiger partial charge in [0.2, 0.25) is 10.0 Å². The molecule has 0 aliphatic carbocycles. The highest BCUT2D eigenvalue weighted by Gasteiger charge is 2.52. The van der Waals surface area contributed by atoms with Gasteiger partial charge in [-0.15, -0.1) is 12.4 Å². The van der Waals surface area contributed by atoms with Gasteiger partial charge in [0.05, 0.1) is 16.1 Å². The average molecular weight is 417 g/mol. The van der Waals surface area contributed by atoms with Gasteiger partial charge in [-0.1, -0.05) is 11.6 Å². The van der Waals surface area contributed by atoms with Gasteiger partial charge < -0.3 is 15.0 Å². The van der Waals surface area contributed by atoms with E-state index in [0.29, 0.717) is 13.1 Å². The highest BCUT2D eigenvalue weighted by Crippen LogP contribution is 2.36. The van der Waals surface area contributed by atoms with E-state index in [4.69, 9.17) is 15.0 Å². The molecule has 2 N–H and O–H groups in total. The third kappa shape index (κ3) is 4.36. The number of nitrogens with two attached hydrogens (primary N) is 1. The largest absolute Gasteiger partial charge is 0.494 e. The Morgan fingerprint density at radius 2 is 1.74 bits per heavy atom. The lowest BCUT2D eigenvalue weighted by Crippen LogP contribution is -2.46. The van der Waals surface area contributed by atoms with Crippen molar-refractivity contribution in [2.75, 3.05) is 13.1 Å². The van der Waals surface area contributed by atoms with E-state index in [1.807, 2.05) is 40.7 Å². The number of hydrogen-bond acceptors (Lipinski definition) is 5. The van der Waals surface area contributed by atoms with Crippen molar-refractivity contribution in [2.45, 2.75) is 69.6 Å². The second-order valence-electron chi connectivity index (χ2n) is 8.43. The van der Waals surface area contributed by atoms with Crippen LogP contribution in [0.1, 0.15) is 46.1 Å². The highest BCUT2D eigenvalue weighted by molar-refractivity contribution is 7.89. The molecule has 152 valence electrons. The minimum absolute atomic E-state index is 0. The second kappa shape index (κ2) is 7.65. The number of nitrogens with zero attached hydrogens (tertiary/aromatic N) is 1. The van der Waals surface area contributed by atoms with E-state index >= 15 is 0 Å². The SMILES string of the molecule is Cc1cc(B2OC(C)(C)C(C)(C)O2)cc(S(=O)(=O)N2CCCC(N)C2)c1.Cl. The quantitative estimate of drug-likeness (QED) is 0.760. The fourth-order valence-electron chi connectivity index (χ4n) is 3.38. The molecule has 1 aromatic carbocycles. The predicted molar refractivity (Wildman–Crippen MR) is 110 cm³/mol. The normalized spacial score (nSPS) is 25.3. The standard InChI is InChI=1S/C18H29BN2O4S.ClH/c1-13-9-14(19-24-17(2,3)18(4,5)25-19)11-16(10-13)26(22,23)21-8-6-7-15(20)12-21;/h9-11,15H,6-8,12,20H2,1-5H3;1H. The van der Waals surface area contributed by atoms with Crippen molar-refractivity contribution >= 4 is 35.0 Å². The number of benzene rings is 1. The Kier molecular flexibility index (Phi) is 6.42. The minimum atomic E-state index is -3.58. The van der Waals surface area contributed by atoms with Gasteiger partial charge in [0.15, 0.2) is 0 Å². The van der Waals surface area contributed by atoms with Crippen LogP contribution in [0.2, 0.25) is 0 Å². The highest BCUT2D eigenvalue weighted by atomic mass is 35.5. The summed E-state index contributed by atoms with van der Waals surface area (Å²) < 4.78 is 39.9. The van der Waals surface area contributed by atoms with Crippen LogP contribution in [0.3, 0.4) is 0 Å². The van der Waals surface area contributed by atoms with Crippen molar-refractivity contribution in [3.63, 3.8) is 0 Å². The zero-order valence-electron chi connectivity index (χ0n) is 16.7. The molecule has 0 saturated carbocycles. The molecule has 2 aliphatic heterocycles. The van der Waals surface area contributed by atoms with Crippen LogP contribution in [-0.2, 0) is 19.3 Å². The van der Waals surface area contributed by atoms with Gasteiger partial charge in [0, 0.05) is 19.1 Å². The summed E-state index contributed by atoms with van der Waals surface area (Å²) in [5.74, 6) is 0. The van der Waals surface area contributed by atoms with Crippen molar-refractivity contribution < 1.29 is 17.7 Å². The van der Waals surface area contributed by atoms with Crippen LogP contribution in [0.4, 0.5) is 0 Å². The molecule has 27 heavy (non-hydrogen) atoms. The van der Waals surface area contributed by atoms with E-state index in [1.54, 1.807) is 12.1 Å². The van der Waals surface area contributed by atoms with Gasteiger partial charge in [-0.3, -0.25) is 0 Å². The van der Waals surface area contributed by atoms with Crippen LogP contribution >= 0.6 is 12.4 Å². The molecule has 1 unspecified atom stereocenters. The van der Waals surface area contributed by atoms with Crippen molar-refractivity contribution in [1.82, 2.24) is 4.31 Å². The van der Waals surface area contributed by atoms with Gasteiger partial charge in [-0.25, -0.2) is 8.42 Å². The average Bonchev–Trinajstić information content (AvgIpc) is 2.75. The Morgan fingerprint density at radius 3 is 2.30 bits per heavy atom. The summed E-state index contributed by atoms with van der Waals surface area (Å²) in [5, 5.41) is 0. The van der Waals surface area contributed by atoms with E-state index < -0.39 is 28.3 Å². The van der Waals surface area contributed by atoms with Crippen LogP contribution in [-0.4, -0.2) is 50.2 Å². The number of piperidine rings is 1. The van der Waals surface area contributed by atoms with E-state index in [2.05, 4.69) is 0 Å². The molecule has 1 aromatic rings. The third-order valence-corrected chi connectivity index (χ3v) is 7.50. The lowest BCUT2D eigenvalue weighted by molar-refractivity contribution is 0.00578. The van der Waals surface area contributed by atoms with Gasteiger partial charge in [-0.2, -0.15) is 4.31 Å². The first-order valence-electron chi connectivity index (χ1n) is 9.15. The number of halogens is 1. The zero-order valence-corrected chi connectivity index (χ0v) is 18.3. The molecular weight excluding hydrogens is 387 g/mol. The molecule has 9 heteroatoms. The summed E-state index contributed by atoms with van der Waals surface area (Å²) in [5.41, 5.74) is 6.61. The molecule has 0 bridgehead atoms. The molecule has 3 rings (SSSR count). The third-order valence-electron chi connectivity index (χ3n) is 5.66. The molecule has 0 spiro atoms. The Labute approximate surface area is 169 Å². The van der Waals surface area contributed by atoms with Gasteiger partial charge in [0.25, 0.3) is 0 Å².